The molecule has 0 spiro atoms. The molecule has 0 radical (unpaired) electrons. The molecule has 3 rings (SSSR count). The van der Waals surface area contributed by atoms with Crippen LogP contribution in [-0.4, -0.2) is 52.5 Å². The molecule has 1 fully saturated rings. The maximum absolute atomic E-state index is 6.04. The molecule has 2 aromatic heterocycles. The van der Waals surface area contributed by atoms with Crippen molar-refractivity contribution in [3.05, 3.63) is 17.3 Å². The molecular weight excluding hydrogens is 282 g/mol. The Balaban J connectivity index is 1.85. The summed E-state index contributed by atoms with van der Waals surface area (Å²) < 4.78 is 2.21. The Morgan fingerprint density at radius 1 is 1.24 bits per heavy atom. The largest absolute Gasteiger partial charge is 0.352 e. The minimum atomic E-state index is 0.153. The lowest BCUT2D eigenvalue weighted by atomic mass is 10.1. The first-order valence-electron chi connectivity index (χ1n) is 7.75. The van der Waals surface area contributed by atoms with Crippen LogP contribution in [0.4, 0.5) is 5.82 Å². The van der Waals surface area contributed by atoms with Gasteiger partial charge in [-0.1, -0.05) is 0 Å². The van der Waals surface area contributed by atoms with Crippen molar-refractivity contribution in [1.82, 2.24) is 14.3 Å². The fourth-order valence-electron chi connectivity index (χ4n) is 3.02. The van der Waals surface area contributed by atoms with Gasteiger partial charge >= 0.3 is 0 Å². The standard InChI is InChI=1S/C15H25N5S/c1-11(2)18-4-6-19(7-5-18)14-13(10-12(3)16)20-8-9-21-15(20)17-14/h8-9,11-12H,4-7,10,16H2,1-3H3. The van der Waals surface area contributed by atoms with Gasteiger partial charge in [0.25, 0.3) is 0 Å². The molecule has 2 N–H and O–H groups in total. The molecule has 1 aliphatic rings. The number of piperazine rings is 1. The number of fused-ring (bicyclic) bond motifs is 1. The van der Waals surface area contributed by atoms with E-state index in [0.717, 1.165) is 43.4 Å². The van der Waals surface area contributed by atoms with Gasteiger partial charge < -0.3 is 10.6 Å². The number of imidazole rings is 1. The van der Waals surface area contributed by atoms with E-state index in [0.29, 0.717) is 6.04 Å². The summed E-state index contributed by atoms with van der Waals surface area (Å²) >= 11 is 1.69. The molecule has 1 unspecified atom stereocenters. The van der Waals surface area contributed by atoms with Crippen molar-refractivity contribution >= 4 is 22.1 Å². The molecule has 0 amide bonds. The average Bonchev–Trinajstić information content (AvgIpc) is 3.01. The molecule has 2 aromatic rings. The highest BCUT2D eigenvalue weighted by molar-refractivity contribution is 7.15. The Kier molecular flexibility index (Phi) is 4.19. The molecule has 0 bridgehead atoms. The zero-order valence-corrected chi connectivity index (χ0v) is 13.9. The minimum Gasteiger partial charge on any atom is -0.352 e. The van der Waals surface area contributed by atoms with Crippen LogP contribution in [0, 0.1) is 0 Å². The Bertz CT molecular complexity index is 592. The predicted molar refractivity (Wildman–Crippen MR) is 89.3 cm³/mol. The highest BCUT2D eigenvalue weighted by Crippen LogP contribution is 2.26. The van der Waals surface area contributed by atoms with Gasteiger partial charge in [0.2, 0.25) is 0 Å². The van der Waals surface area contributed by atoms with Crippen molar-refractivity contribution in [1.29, 1.82) is 0 Å². The number of aromatic nitrogens is 2. The number of hydrogen-bond donors (Lipinski definition) is 1. The van der Waals surface area contributed by atoms with Crippen LogP contribution in [0.5, 0.6) is 0 Å². The average molecular weight is 307 g/mol. The first kappa shape index (κ1) is 14.8. The van der Waals surface area contributed by atoms with Crippen molar-refractivity contribution in [3.63, 3.8) is 0 Å². The summed E-state index contributed by atoms with van der Waals surface area (Å²) in [5.74, 6) is 1.14. The summed E-state index contributed by atoms with van der Waals surface area (Å²) in [6.45, 7) is 10.9. The molecule has 1 aliphatic heterocycles. The predicted octanol–water partition coefficient (Wildman–Crippen LogP) is 1.82. The topological polar surface area (TPSA) is 49.8 Å². The van der Waals surface area contributed by atoms with E-state index in [-0.39, 0.29) is 6.04 Å². The number of thiazole rings is 1. The zero-order valence-electron chi connectivity index (χ0n) is 13.1. The van der Waals surface area contributed by atoms with Crippen LogP contribution < -0.4 is 10.6 Å². The quantitative estimate of drug-likeness (QED) is 0.936. The van der Waals surface area contributed by atoms with E-state index in [1.807, 2.05) is 0 Å². The molecule has 6 heteroatoms. The van der Waals surface area contributed by atoms with Crippen LogP contribution in [0.25, 0.3) is 4.96 Å². The zero-order chi connectivity index (χ0) is 15.0. The Morgan fingerprint density at radius 2 is 1.95 bits per heavy atom. The SMILES string of the molecule is CC(N)Cc1c(N2CCN(C(C)C)CC2)nc2sccn12. The van der Waals surface area contributed by atoms with Crippen molar-refractivity contribution in [2.45, 2.75) is 39.3 Å². The first-order valence-corrected chi connectivity index (χ1v) is 8.63. The van der Waals surface area contributed by atoms with E-state index in [9.17, 15) is 0 Å². The van der Waals surface area contributed by atoms with Gasteiger partial charge in [-0.25, -0.2) is 4.98 Å². The third kappa shape index (κ3) is 2.93. The summed E-state index contributed by atoms with van der Waals surface area (Å²) in [5, 5.41) is 2.09. The second kappa shape index (κ2) is 5.94. The van der Waals surface area contributed by atoms with Gasteiger partial charge in [0.1, 0.15) is 0 Å². The van der Waals surface area contributed by atoms with Gasteiger partial charge in [-0.05, 0) is 20.8 Å². The van der Waals surface area contributed by atoms with Crippen LogP contribution in [0.15, 0.2) is 11.6 Å². The monoisotopic (exact) mass is 307 g/mol. The van der Waals surface area contributed by atoms with Gasteiger partial charge in [0, 0.05) is 56.3 Å². The lowest BCUT2D eigenvalue weighted by Gasteiger charge is -2.37. The van der Waals surface area contributed by atoms with Crippen LogP contribution in [0.1, 0.15) is 26.5 Å². The second-order valence-electron chi connectivity index (χ2n) is 6.24. The van der Waals surface area contributed by atoms with Crippen LogP contribution in [0.2, 0.25) is 0 Å². The van der Waals surface area contributed by atoms with E-state index in [1.54, 1.807) is 11.3 Å². The van der Waals surface area contributed by atoms with Crippen molar-refractivity contribution in [2.24, 2.45) is 5.73 Å². The maximum Gasteiger partial charge on any atom is 0.195 e. The maximum atomic E-state index is 6.04. The number of hydrogen-bond acceptors (Lipinski definition) is 5. The van der Waals surface area contributed by atoms with Gasteiger partial charge in [-0.2, -0.15) is 0 Å². The van der Waals surface area contributed by atoms with E-state index >= 15 is 0 Å². The molecule has 0 aromatic carbocycles. The first-order chi connectivity index (χ1) is 10.1. The van der Waals surface area contributed by atoms with Crippen molar-refractivity contribution < 1.29 is 0 Å². The van der Waals surface area contributed by atoms with Gasteiger partial charge in [0.15, 0.2) is 10.8 Å². The lowest BCUT2D eigenvalue weighted by Crippen LogP contribution is -2.49. The Hall–Kier alpha value is -1.11. The number of nitrogens with zero attached hydrogens (tertiary/aromatic N) is 4. The highest BCUT2D eigenvalue weighted by atomic mass is 32.1. The Labute approximate surface area is 130 Å². The Morgan fingerprint density at radius 3 is 2.57 bits per heavy atom. The van der Waals surface area contributed by atoms with Crippen LogP contribution in [-0.2, 0) is 6.42 Å². The molecule has 3 heterocycles. The molecule has 1 atom stereocenters. The molecule has 21 heavy (non-hydrogen) atoms. The second-order valence-corrected chi connectivity index (χ2v) is 7.11. The third-order valence-corrected chi connectivity index (χ3v) is 4.96. The summed E-state index contributed by atoms with van der Waals surface area (Å²) in [6, 6.07) is 0.779. The van der Waals surface area contributed by atoms with Gasteiger partial charge in [0.05, 0.1) is 5.69 Å². The molecule has 0 saturated carbocycles. The van der Waals surface area contributed by atoms with Crippen LogP contribution in [0.3, 0.4) is 0 Å². The summed E-state index contributed by atoms with van der Waals surface area (Å²) in [7, 11) is 0. The van der Waals surface area contributed by atoms with Gasteiger partial charge in [-0.3, -0.25) is 9.30 Å². The summed E-state index contributed by atoms with van der Waals surface area (Å²) in [6.07, 6.45) is 2.98. The highest BCUT2D eigenvalue weighted by Gasteiger charge is 2.24. The van der Waals surface area contributed by atoms with E-state index in [1.165, 1.54) is 5.69 Å². The minimum absolute atomic E-state index is 0.153. The molecule has 1 saturated heterocycles. The van der Waals surface area contributed by atoms with Gasteiger partial charge in [-0.15, -0.1) is 11.3 Å². The van der Waals surface area contributed by atoms with Crippen molar-refractivity contribution in [3.8, 4) is 0 Å². The molecule has 0 aliphatic carbocycles. The molecule has 116 valence electrons. The van der Waals surface area contributed by atoms with E-state index < -0.39 is 0 Å². The third-order valence-electron chi connectivity index (χ3n) is 4.20. The number of nitrogens with two attached hydrogens (primary N) is 1. The smallest absolute Gasteiger partial charge is 0.195 e. The van der Waals surface area contributed by atoms with Crippen molar-refractivity contribution in [2.75, 3.05) is 31.1 Å². The fourth-order valence-corrected chi connectivity index (χ4v) is 3.75. The molecular formula is C15H25N5S. The van der Waals surface area contributed by atoms with E-state index in [4.69, 9.17) is 10.7 Å². The normalized spacial score (nSPS) is 18.8. The van der Waals surface area contributed by atoms with Crippen LogP contribution >= 0.6 is 11.3 Å². The summed E-state index contributed by atoms with van der Waals surface area (Å²) in [5.41, 5.74) is 7.30. The van der Waals surface area contributed by atoms with E-state index in [2.05, 4.69) is 46.5 Å². The number of rotatable bonds is 4. The fraction of sp³-hybridized carbons (Fsp3) is 0.667. The lowest BCUT2D eigenvalue weighted by molar-refractivity contribution is 0.209. The molecule has 5 nitrogen and oxygen atoms in total. The summed E-state index contributed by atoms with van der Waals surface area (Å²) in [4.78, 5) is 10.9. The number of anilines is 1.